The van der Waals surface area contributed by atoms with Gasteiger partial charge in [-0.05, 0) is 19.4 Å². The predicted octanol–water partition coefficient (Wildman–Crippen LogP) is 2.65. The van der Waals surface area contributed by atoms with Gasteiger partial charge in [0.15, 0.2) is 0 Å². The fraction of sp³-hybridized carbons (Fsp3) is 0.167. The first-order valence-electron chi connectivity index (χ1n) is 4.33. The molecular formula is C12H14O2. The summed E-state index contributed by atoms with van der Waals surface area (Å²) in [6.07, 6.45) is 3.44. The smallest absolute Gasteiger partial charge is 0.150 e. The molecule has 1 aromatic rings. The van der Waals surface area contributed by atoms with E-state index in [1.807, 2.05) is 25.1 Å². The standard InChI is InChI=1S/C7H6O.C5H8O/c8-6-7-4-2-1-3-5-7;1-3-5(2)4-6/h1-6H;3-4H,1-2H3/b;5-3-. The quantitative estimate of drug-likeness (QED) is 0.530. The highest BCUT2D eigenvalue weighted by molar-refractivity contribution is 5.74. The second-order valence-corrected chi connectivity index (χ2v) is 2.68. The van der Waals surface area contributed by atoms with Crippen LogP contribution in [0.4, 0.5) is 0 Å². The topological polar surface area (TPSA) is 34.1 Å². The largest absolute Gasteiger partial charge is 0.298 e. The van der Waals surface area contributed by atoms with Crippen molar-refractivity contribution >= 4 is 12.6 Å². The molecule has 0 aliphatic heterocycles. The van der Waals surface area contributed by atoms with Crippen molar-refractivity contribution in [2.24, 2.45) is 0 Å². The van der Waals surface area contributed by atoms with Crippen LogP contribution in [0.15, 0.2) is 42.0 Å². The zero-order chi connectivity index (χ0) is 10.8. The first-order valence-corrected chi connectivity index (χ1v) is 4.33. The van der Waals surface area contributed by atoms with Gasteiger partial charge in [-0.1, -0.05) is 36.4 Å². The van der Waals surface area contributed by atoms with E-state index in [2.05, 4.69) is 0 Å². The van der Waals surface area contributed by atoms with E-state index >= 15 is 0 Å². The van der Waals surface area contributed by atoms with Crippen molar-refractivity contribution in [2.45, 2.75) is 13.8 Å². The Morgan fingerprint density at radius 2 is 1.71 bits per heavy atom. The molecule has 2 nitrogen and oxygen atoms in total. The molecule has 0 saturated heterocycles. The molecule has 0 atom stereocenters. The van der Waals surface area contributed by atoms with Crippen LogP contribution >= 0.6 is 0 Å². The van der Waals surface area contributed by atoms with Crippen molar-refractivity contribution in [1.29, 1.82) is 0 Å². The molecule has 0 aliphatic carbocycles. The molecule has 0 radical (unpaired) electrons. The maximum Gasteiger partial charge on any atom is 0.150 e. The molecule has 0 unspecified atom stereocenters. The van der Waals surface area contributed by atoms with Gasteiger partial charge in [0.25, 0.3) is 0 Å². The lowest BCUT2D eigenvalue weighted by Gasteiger charge is -1.81. The summed E-state index contributed by atoms with van der Waals surface area (Å²) in [5.41, 5.74) is 1.52. The van der Waals surface area contributed by atoms with Gasteiger partial charge >= 0.3 is 0 Å². The number of benzene rings is 1. The normalized spacial score (nSPS) is 9.71. The molecule has 0 heterocycles. The Morgan fingerprint density at radius 3 is 1.93 bits per heavy atom. The number of hydrogen-bond acceptors (Lipinski definition) is 2. The summed E-state index contributed by atoms with van der Waals surface area (Å²) in [7, 11) is 0. The van der Waals surface area contributed by atoms with Gasteiger partial charge in [0, 0.05) is 5.56 Å². The van der Waals surface area contributed by atoms with E-state index in [-0.39, 0.29) is 0 Å². The summed E-state index contributed by atoms with van der Waals surface area (Å²) in [6.45, 7) is 3.61. The van der Waals surface area contributed by atoms with Crippen LogP contribution in [0.2, 0.25) is 0 Å². The summed E-state index contributed by atoms with van der Waals surface area (Å²) >= 11 is 0. The van der Waals surface area contributed by atoms with Crippen LogP contribution in [0.25, 0.3) is 0 Å². The van der Waals surface area contributed by atoms with Crippen molar-refractivity contribution in [3.8, 4) is 0 Å². The van der Waals surface area contributed by atoms with E-state index < -0.39 is 0 Å². The summed E-state index contributed by atoms with van der Waals surface area (Å²) in [4.78, 5) is 19.7. The monoisotopic (exact) mass is 190 g/mol. The molecule has 0 bridgehead atoms. The van der Waals surface area contributed by atoms with Gasteiger partial charge in [-0.15, -0.1) is 0 Å². The molecule has 0 fully saturated rings. The van der Waals surface area contributed by atoms with Gasteiger partial charge in [-0.3, -0.25) is 9.59 Å². The van der Waals surface area contributed by atoms with Crippen molar-refractivity contribution < 1.29 is 9.59 Å². The van der Waals surface area contributed by atoms with E-state index in [0.29, 0.717) is 0 Å². The number of carbonyl (C=O) groups is 2. The summed E-state index contributed by atoms with van der Waals surface area (Å²) in [6, 6.07) is 9.10. The molecular weight excluding hydrogens is 176 g/mol. The molecule has 0 saturated carbocycles. The van der Waals surface area contributed by atoms with Crippen LogP contribution in [0.3, 0.4) is 0 Å². The number of allylic oxidation sites excluding steroid dienone is 2. The van der Waals surface area contributed by atoms with E-state index in [9.17, 15) is 9.59 Å². The highest BCUT2D eigenvalue weighted by Crippen LogP contribution is 1.91. The van der Waals surface area contributed by atoms with Crippen LogP contribution in [0.1, 0.15) is 24.2 Å². The van der Waals surface area contributed by atoms with Crippen LogP contribution in [-0.2, 0) is 4.79 Å². The van der Waals surface area contributed by atoms with Crippen LogP contribution in [-0.4, -0.2) is 12.6 Å². The summed E-state index contributed by atoms with van der Waals surface area (Å²) in [5.74, 6) is 0. The van der Waals surface area contributed by atoms with Gasteiger partial charge in [-0.2, -0.15) is 0 Å². The third-order valence-electron chi connectivity index (χ3n) is 1.58. The molecule has 0 spiro atoms. The van der Waals surface area contributed by atoms with E-state index in [1.54, 1.807) is 25.1 Å². The first-order chi connectivity index (χ1) is 6.74. The van der Waals surface area contributed by atoms with Gasteiger partial charge in [0.05, 0.1) is 0 Å². The Labute approximate surface area is 84.3 Å². The Bertz CT molecular complexity index is 299. The third kappa shape index (κ3) is 5.89. The minimum Gasteiger partial charge on any atom is -0.298 e. The zero-order valence-corrected chi connectivity index (χ0v) is 8.44. The molecule has 1 rings (SSSR count). The minimum atomic E-state index is 0.729. The molecule has 1 aromatic carbocycles. The van der Waals surface area contributed by atoms with E-state index in [4.69, 9.17) is 0 Å². The van der Waals surface area contributed by atoms with Crippen molar-refractivity contribution in [3.63, 3.8) is 0 Å². The summed E-state index contributed by atoms with van der Waals surface area (Å²) < 4.78 is 0. The molecule has 0 amide bonds. The molecule has 14 heavy (non-hydrogen) atoms. The maximum atomic E-state index is 10.0. The predicted molar refractivity (Wildman–Crippen MR) is 57.3 cm³/mol. The lowest BCUT2D eigenvalue weighted by Crippen LogP contribution is -1.73. The zero-order valence-electron chi connectivity index (χ0n) is 8.44. The fourth-order valence-electron chi connectivity index (χ4n) is 0.600. The number of rotatable bonds is 2. The van der Waals surface area contributed by atoms with Gasteiger partial charge in [0.2, 0.25) is 0 Å². The van der Waals surface area contributed by atoms with E-state index in [1.165, 1.54) is 0 Å². The van der Waals surface area contributed by atoms with Crippen LogP contribution in [0, 0.1) is 0 Å². The van der Waals surface area contributed by atoms with Crippen molar-refractivity contribution in [2.75, 3.05) is 0 Å². The van der Waals surface area contributed by atoms with Gasteiger partial charge < -0.3 is 0 Å². The Hall–Kier alpha value is -1.70. The first kappa shape index (κ1) is 12.3. The minimum absolute atomic E-state index is 0.729. The molecule has 74 valence electrons. The second kappa shape index (κ2) is 7.92. The lowest BCUT2D eigenvalue weighted by molar-refractivity contribution is -0.104. The number of carbonyl (C=O) groups excluding carboxylic acids is 2. The van der Waals surface area contributed by atoms with E-state index in [0.717, 1.165) is 23.7 Å². The second-order valence-electron chi connectivity index (χ2n) is 2.68. The molecule has 0 N–H and O–H groups in total. The molecule has 0 aliphatic rings. The van der Waals surface area contributed by atoms with Crippen LogP contribution < -0.4 is 0 Å². The number of aldehydes is 2. The maximum absolute atomic E-state index is 10.0. The highest BCUT2D eigenvalue weighted by atomic mass is 16.1. The van der Waals surface area contributed by atoms with Crippen molar-refractivity contribution in [1.82, 2.24) is 0 Å². The summed E-state index contributed by atoms with van der Waals surface area (Å²) in [5, 5.41) is 0. The Morgan fingerprint density at radius 1 is 1.14 bits per heavy atom. The fourth-order valence-corrected chi connectivity index (χ4v) is 0.600. The number of hydrogen-bond donors (Lipinski definition) is 0. The lowest BCUT2D eigenvalue weighted by atomic mass is 10.2. The molecule has 2 heteroatoms. The third-order valence-corrected chi connectivity index (χ3v) is 1.58. The van der Waals surface area contributed by atoms with Gasteiger partial charge in [0.1, 0.15) is 12.6 Å². The Balaban J connectivity index is 0.000000255. The molecule has 0 aromatic heterocycles. The van der Waals surface area contributed by atoms with Gasteiger partial charge in [-0.25, -0.2) is 0 Å². The SMILES string of the molecule is C/C=C(/C)C=O.O=Cc1ccccc1. The Kier molecular flexibility index (Phi) is 6.96. The average molecular weight is 190 g/mol. The average Bonchev–Trinajstić information content (AvgIpc) is 2.30. The highest BCUT2D eigenvalue weighted by Gasteiger charge is 1.80. The van der Waals surface area contributed by atoms with Crippen molar-refractivity contribution in [3.05, 3.63) is 47.5 Å². The van der Waals surface area contributed by atoms with Crippen LogP contribution in [0.5, 0.6) is 0 Å².